The average molecular weight is 309 g/mol. The van der Waals surface area contributed by atoms with Gasteiger partial charge in [0.2, 0.25) is 10.0 Å². The zero-order chi connectivity index (χ0) is 15.5. The minimum Gasteiger partial charge on any atom is -0.497 e. The molecule has 0 unspecified atom stereocenters. The first-order valence-corrected chi connectivity index (χ1v) is 8.03. The number of nitrogens with zero attached hydrogens (tertiary/aromatic N) is 2. The zero-order valence-corrected chi connectivity index (χ0v) is 13.1. The van der Waals surface area contributed by atoms with Gasteiger partial charge in [0.1, 0.15) is 10.6 Å². The molecular formula is C14H19N3O3S. The highest BCUT2D eigenvalue weighted by atomic mass is 32.2. The maximum atomic E-state index is 12.2. The monoisotopic (exact) mass is 309 g/mol. The number of methoxy groups -OCH3 is 1. The molecule has 0 saturated heterocycles. The number of hydrogen-bond acceptors (Lipinski definition) is 4. The average Bonchev–Trinajstić information content (AvgIpc) is 2.78. The molecule has 0 atom stereocenters. The van der Waals surface area contributed by atoms with Crippen molar-refractivity contribution >= 4 is 10.0 Å². The highest BCUT2D eigenvalue weighted by molar-refractivity contribution is 7.89. The quantitative estimate of drug-likeness (QED) is 0.872. The summed E-state index contributed by atoms with van der Waals surface area (Å²) in [7, 11) is -0.220. The van der Waals surface area contributed by atoms with Gasteiger partial charge in [-0.2, -0.15) is 5.10 Å². The van der Waals surface area contributed by atoms with Gasteiger partial charge in [-0.05, 0) is 31.0 Å². The van der Waals surface area contributed by atoms with Crippen molar-refractivity contribution in [1.82, 2.24) is 14.5 Å². The summed E-state index contributed by atoms with van der Waals surface area (Å²) in [6, 6.07) is 7.57. The van der Waals surface area contributed by atoms with Crippen LogP contribution in [0.1, 0.15) is 11.3 Å². The Labute approximate surface area is 124 Å². The van der Waals surface area contributed by atoms with Crippen LogP contribution < -0.4 is 9.46 Å². The van der Waals surface area contributed by atoms with Crippen LogP contribution in [0.5, 0.6) is 5.75 Å². The van der Waals surface area contributed by atoms with Crippen molar-refractivity contribution in [3.8, 4) is 5.75 Å². The van der Waals surface area contributed by atoms with Crippen molar-refractivity contribution in [2.75, 3.05) is 13.7 Å². The molecule has 1 aromatic carbocycles. The minimum atomic E-state index is -3.52. The molecule has 2 rings (SSSR count). The van der Waals surface area contributed by atoms with Crippen molar-refractivity contribution in [2.24, 2.45) is 7.05 Å². The third kappa shape index (κ3) is 3.83. The maximum absolute atomic E-state index is 12.2. The molecule has 0 fully saturated rings. The Morgan fingerprint density at radius 1 is 1.38 bits per heavy atom. The normalized spacial score (nSPS) is 11.6. The molecule has 0 radical (unpaired) electrons. The van der Waals surface area contributed by atoms with Crippen LogP contribution >= 0.6 is 0 Å². The van der Waals surface area contributed by atoms with E-state index >= 15 is 0 Å². The van der Waals surface area contributed by atoms with E-state index in [0.717, 1.165) is 11.3 Å². The van der Waals surface area contributed by atoms with Crippen LogP contribution in [0.15, 0.2) is 35.4 Å². The maximum Gasteiger partial charge on any atom is 0.243 e. The van der Waals surface area contributed by atoms with Crippen LogP contribution in [-0.2, 0) is 23.5 Å². The molecule has 1 aromatic heterocycles. The first-order chi connectivity index (χ1) is 9.92. The first kappa shape index (κ1) is 15.5. The smallest absolute Gasteiger partial charge is 0.243 e. The van der Waals surface area contributed by atoms with E-state index in [1.165, 1.54) is 10.9 Å². The summed E-state index contributed by atoms with van der Waals surface area (Å²) in [6.07, 6.45) is 2.10. The molecule has 0 amide bonds. The highest BCUT2D eigenvalue weighted by Crippen LogP contribution is 2.14. The van der Waals surface area contributed by atoms with Crippen molar-refractivity contribution in [3.05, 3.63) is 41.7 Å². The van der Waals surface area contributed by atoms with Gasteiger partial charge in [-0.1, -0.05) is 12.1 Å². The molecule has 0 aliphatic heterocycles. The second kappa shape index (κ2) is 6.28. The summed E-state index contributed by atoms with van der Waals surface area (Å²) in [6.45, 7) is 2.00. The van der Waals surface area contributed by atoms with Gasteiger partial charge in [0, 0.05) is 19.8 Å². The number of nitrogens with one attached hydrogen (secondary N) is 1. The first-order valence-electron chi connectivity index (χ1n) is 6.55. The minimum absolute atomic E-state index is 0.218. The SMILES string of the molecule is COc1cccc(CCNS(=O)(=O)c2cn(C)nc2C)c1. The molecule has 114 valence electrons. The molecule has 0 saturated carbocycles. The summed E-state index contributed by atoms with van der Waals surface area (Å²) in [5.74, 6) is 0.762. The molecule has 6 nitrogen and oxygen atoms in total. The summed E-state index contributed by atoms with van der Waals surface area (Å²) in [5.41, 5.74) is 1.51. The second-order valence-electron chi connectivity index (χ2n) is 4.75. The van der Waals surface area contributed by atoms with Crippen molar-refractivity contribution in [3.63, 3.8) is 0 Å². The fourth-order valence-corrected chi connectivity index (χ4v) is 3.32. The highest BCUT2D eigenvalue weighted by Gasteiger charge is 2.19. The number of rotatable bonds is 6. The lowest BCUT2D eigenvalue weighted by atomic mass is 10.1. The predicted molar refractivity (Wildman–Crippen MR) is 79.8 cm³/mol. The topological polar surface area (TPSA) is 73.2 Å². The Bertz CT molecular complexity index is 723. The summed E-state index contributed by atoms with van der Waals surface area (Å²) in [5, 5.41) is 4.05. The third-order valence-corrected chi connectivity index (χ3v) is 4.66. The number of benzene rings is 1. The molecule has 2 aromatic rings. The Morgan fingerprint density at radius 2 is 2.14 bits per heavy atom. The van der Waals surface area contributed by atoms with Gasteiger partial charge in [0.05, 0.1) is 12.8 Å². The van der Waals surface area contributed by atoms with Crippen molar-refractivity contribution in [2.45, 2.75) is 18.2 Å². The molecule has 1 heterocycles. The molecule has 0 aliphatic rings. The van der Waals surface area contributed by atoms with Gasteiger partial charge in [0.25, 0.3) is 0 Å². The van der Waals surface area contributed by atoms with E-state index in [0.29, 0.717) is 18.7 Å². The molecule has 0 aliphatic carbocycles. The fraction of sp³-hybridized carbons (Fsp3) is 0.357. The van der Waals surface area contributed by atoms with Crippen LogP contribution in [0.2, 0.25) is 0 Å². The summed E-state index contributed by atoms with van der Waals surface area (Å²) < 4.78 is 33.6. The lowest BCUT2D eigenvalue weighted by Gasteiger charge is -2.07. The van der Waals surface area contributed by atoms with E-state index < -0.39 is 10.0 Å². The van der Waals surface area contributed by atoms with Crippen LogP contribution in [0.3, 0.4) is 0 Å². The van der Waals surface area contributed by atoms with Gasteiger partial charge < -0.3 is 4.74 Å². The third-order valence-electron chi connectivity index (χ3n) is 3.10. The lowest BCUT2D eigenvalue weighted by molar-refractivity contribution is 0.414. The number of sulfonamides is 1. The van der Waals surface area contributed by atoms with E-state index in [1.54, 1.807) is 21.1 Å². The lowest BCUT2D eigenvalue weighted by Crippen LogP contribution is -2.26. The Balaban J connectivity index is 2.00. The standard InChI is InChI=1S/C14H19N3O3S/c1-11-14(10-17(2)16-11)21(18,19)15-8-7-12-5-4-6-13(9-12)20-3/h4-6,9-10,15H,7-8H2,1-3H3. The Kier molecular flexibility index (Phi) is 4.64. The second-order valence-corrected chi connectivity index (χ2v) is 6.49. The van der Waals surface area contributed by atoms with Gasteiger partial charge in [-0.15, -0.1) is 0 Å². The Morgan fingerprint density at radius 3 is 2.76 bits per heavy atom. The van der Waals surface area contributed by atoms with Crippen LogP contribution in [-0.4, -0.2) is 31.9 Å². The molecular weight excluding hydrogens is 290 g/mol. The van der Waals surface area contributed by atoms with E-state index in [2.05, 4.69) is 9.82 Å². The van der Waals surface area contributed by atoms with E-state index in [4.69, 9.17) is 4.74 Å². The Hall–Kier alpha value is -1.86. The molecule has 21 heavy (non-hydrogen) atoms. The van der Waals surface area contributed by atoms with Gasteiger partial charge >= 0.3 is 0 Å². The number of aromatic nitrogens is 2. The molecule has 1 N–H and O–H groups in total. The predicted octanol–water partition coefficient (Wildman–Crippen LogP) is 1.26. The number of aryl methyl sites for hydroxylation is 2. The van der Waals surface area contributed by atoms with E-state index in [-0.39, 0.29) is 4.90 Å². The van der Waals surface area contributed by atoms with Crippen molar-refractivity contribution < 1.29 is 13.2 Å². The largest absolute Gasteiger partial charge is 0.497 e. The summed E-state index contributed by atoms with van der Waals surface area (Å²) >= 11 is 0. The van der Waals surface area contributed by atoms with E-state index in [1.807, 2.05) is 24.3 Å². The summed E-state index contributed by atoms with van der Waals surface area (Å²) in [4.78, 5) is 0.218. The van der Waals surface area contributed by atoms with Gasteiger partial charge in [-0.25, -0.2) is 13.1 Å². The zero-order valence-electron chi connectivity index (χ0n) is 12.3. The van der Waals surface area contributed by atoms with Crippen molar-refractivity contribution in [1.29, 1.82) is 0 Å². The van der Waals surface area contributed by atoms with E-state index in [9.17, 15) is 8.42 Å². The molecule has 0 spiro atoms. The molecule has 0 bridgehead atoms. The number of ether oxygens (including phenoxy) is 1. The molecule has 7 heteroatoms. The number of hydrogen-bond donors (Lipinski definition) is 1. The fourth-order valence-electron chi connectivity index (χ4n) is 2.08. The van der Waals surface area contributed by atoms with Gasteiger partial charge in [0.15, 0.2) is 0 Å². The van der Waals surface area contributed by atoms with Gasteiger partial charge in [-0.3, -0.25) is 4.68 Å². The van der Waals surface area contributed by atoms with Crippen LogP contribution in [0, 0.1) is 6.92 Å². The van der Waals surface area contributed by atoms with Crippen LogP contribution in [0.4, 0.5) is 0 Å². The van der Waals surface area contributed by atoms with Crippen LogP contribution in [0.25, 0.3) is 0 Å².